The van der Waals surface area contributed by atoms with E-state index in [-0.39, 0.29) is 0 Å². The molecule has 200 valence electrons. The lowest BCUT2D eigenvalue weighted by Crippen LogP contribution is -2.32. The van der Waals surface area contributed by atoms with Crippen LogP contribution in [-0.4, -0.2) is 89.3 Å². The quantitative estimate of drug-likeness (QED) is 0.487. The Morgan fingerprint density at radius 3 is 2.09 bits per heavy atom. The van der Waals surface area contributed by atoms with E-state index in [1.807, 2.05) is 6.07 Å². The fourth-order valence-corrected chi connectivity index (χ4v) is 3.95. The third kappa shape index (κ3) is 11.5. The number of carboxylic acids is 2. The number of nitrogens with zero attached hydrogens (tertiary/aromatic N) is 3. The lowest BCUT2D eigenvalue weighted by Gasteiger charge is -2.33. The summed E-state index contributed by atoms with van der Waals surface area (Å²) in [6.07, 6.45) is -2.49. The number of alkyl halides is 6. The van der Waals surface area contributed by atoms with E-state index in [0.29, 0.717) is 0 Å². The summed E-state index contributed by atoms with van der Waals surface area (Å²) in [4.78, 5) is 28.9. The maximum Gasteiger partial charge on any atom is 0.490 e. The summed E-state index contributed by atoms with van der Waals surface area (Å²) < 4.78 is 68.7. The van der Waals surface area contributed by atoms with Crippen LogP contribution in [0.4, 0.5) is 32.3 Å². The molecule has 2 fully saturated rings. The Kier molecular flexibility index (Phi) is 12.2. The molecule has 0 spiro atoms. The predicted molar refractivity (Wildman–Crippen MR) is 111 cm³/mol. The first-order valence-corrected chi connectivity index (χ1v) is 10.6. The number of nitrogens with one attached hydrogen (secondary N) is 1. The van der Waals surface area contributed by atoms with Gasteiger partial charge in [-0.25, -0.2) is 19.6 Å². The Morgan fingerprint density at radius 1 is 1.06 bits per heavy atom. The molecule has 0 amide bonds. The summed E-state index contributed by atoms with van der Waals surface area (Å²) in [6, 6.07) is 1.85. The number of aliphatic carboxylic acids is 2. The van der Waals surface area contributed by atoms with Crippen molar-refractivity contribution in [3.63, 3.8) is 0 Å². The van der Waals surface area contributed by atoms with Gasteiger partial charge in [-0.15, -0.1) is 0 Å². The number of methoxy groups -OCH3 is 1. The number of aromatic nitrogens is 2. The van der Waals surface area contributed by atoms with E-state index in [2.05, 4.69) is 20.2 Å². The van der Waals surface area contributed by atoms with Crippen molar-refractivity contribution in [2.24, 2.45) is 17.8 Å². The van der Waals surface area contributed by atoms with Crippen LogP contribution < -0.4 is 5.32 Å². The molecule has 3 atom stereocenters. The van der Waals surface area contributed by atoms with Crippen LogP contribution in [0.15, 0.2) is 18.5 Å². The molecule has 35 heavy (non-hydrogen) atoms. The van der Waals surface area contributed by atoms with Crippen LogP contribution in [0.25, 0.3) is 0 Å². The molecule has 0 bridgehead atoms. The molecule has 0 radical (unpaired) electrons. The van der Waals surface area contributed by atoms with E-state index in [0.717, 1.165) is 43.4 Å². The number of rotatable bonds is 6. The van der Waals surface area contributed by atoms with E-state index in [9.17, 15) is 26.3 Å². The summed E-state index contributed by atoms with van der Waals surface area (Å²) >= 11 is 0. The smallest absolute Gasteiger partial charge is 0.475 e. The third-order valence-corrected chi connectivity index (χ3v) is 5.51. The van der Waals surface area contributed by atoms with Crippen LogP contribution in [0.3, 0.4) is 0 Å². The average Bonchev–Trinajstić information content (AvgIpc) is 3.20. The maximum absolute atomic E-state index is 10.6. The normalized spacial score (nSPS) is 22.1. The van der Waals surface area contributed by atoms with E-state index in [4.69, 9.17) is 24.5 Å². The first-order chi connectivity index (χ1) is 16.3. The molecule has 1 aliphatic heterocycles. The van der Waals surface area contributed by atoms with Crippen molar-refractivity contribution in [3.8, 4) is 0 Å². The van der Waals surface area contributed by atoms with Crippen LogP contribution in [0.2, 0.25) is 0 Å². The van der Waals surface area contributed by atoms with E-state index >= 15 is 0 Å². The first-order valence-electron chi connectivity index (χ1n) is 10.6. The van der Waals surface area contributed by atoms with Gasteiger partial charge < -0.3 is 25.2 Å². The molecular formula is C20H28F6N4O5. The van der Waals surface area contributed by atoms with Crippen LogP contribution in [0.1, 0.15) is 19.3 Å². The van der Waals surface area contributed by atoms with Crippen molar-refractivity contribution in [2.75, 3.05) is 45.2 Å². The minimum absolute atomic E-state index is 0.750. The number of hydrogen-bond donors (Lipinski definition) is 3. The monoisotopic (exact) mass is 518 g/mol. The second-order valence-electron chi connectivity index (χ2n) is 7.93. The molecule has 3 rings (SSSR count). The number of ether oxygens (including phenoxy) is 1. The zero-order valence-electron chi connectivity index (χ0n) is 18.8. The van der Waals surface area contributed by atoms with Gasteiger partial charge in [0.1, 0.15) is 0 Å². The minimum Gasteiger partial charge on any atom is -0.475 e. The number of fused-ring (bicyclic) bond motifs is 1. The highest BCUT2D eigenvalue weighted by Crippen LogP contribution is 2.40. The van der Waals surface area contributed by atoms with Crippen molar-refractivity contribution in [3.05, 3.63) is 18.5 Å². The Labute approximate surface area is 197 Å². The minimum atomic E-state index is -5.08. The van der Waals surface area contributed by atoms with Gasteiger partial charge in [-0.05, 0) is 36.7 Å². The second-order valence-corrected chi connectivity index (χ2v) is 7.93. The first kappa shape index (κ1) is 30.4. The fourth-order valence-electron chi connectivity index (χ4n) is 3.95. The highest BCUT2D eigenvalue weighted by atomic mass is 19.4. The number of anilines is 1. The van der Waals surface area contributed by atoms with Gasteiger partial charge in [0, 0.05) is 45.7 Å². The highest BCUT2D eigenvalue weighted by molar-refractivity contribution is 5.73. The van der Waals surface area contributed by atoms with Gasteiger partial charge in [0.25, 0.3) is 0 Å². The Hall–Kier alpha value is -2.68. The Balaban J connectivity index is 0.000000362. The number of carbonyl (C=O) groups is 2. The van der Waals surface area contributed by atoms with Crippen molar-refractivity contribution in [1.29, 1.82) is 0 Å². The van der Waals surface area contributed by atoms with E-state index in [1.165, 1.54) is 32.4 Å². The molecule has 15 heteroatoms. The van der Waals surface area contributed by atoms with Crippen LogP contribution in [0.5, 0.6) is 0 Å². The molecule has 9 nitrogen and oxygen atoms in total. The zero-order valence-corrected chi connectivity index (χ0v) is 18.8. The summed E-state index contributed by atoms with van der Waals surface area (Å²) in [5.41, 5.74) is 0. The van der Waals surface area contributed by atoms with Crippen molar-refractivity contribution < 1.29 is 50.9 Å². The third-order valence-electron chi connectivity index (χ3n) is 5.51. The van der Waals surface area contributed by atoms with Gasteiger partial charge >= 0.3 is 24.3 Å². The van der Waals surface area contributed by atoms with Crippen LogP contribution >= 0.6 is 0 Å². The van der Waals surface area contributed by atoms with Crippen molar-refractivity contribution in [1.82, 2.24) is 14.9 Å². The lowest BCUT2D eigenvalue weighted by molar-refractivity contribution is -0.193. The van der Waals surface area contributed by atoms with Crippen molar-refractivity contribution in [2.45, 2.75) is 31.6 Å². The van der Waals surface area contributed by atoms with Crippen LogP contribution in [-0.2, 0) is 14.3 Å². The maximum atomic E-state index is 10.6. The SMILES string of the molecule is COCCN1C[C@H]2CCC[C@@H](CNc3ncccn3)[C@H]2C1.O=C(O)C(F)(F)F.O=C(O)C(F)(F)F. The van der Waals surface area contributed by atoms with Gasteiger partial charge in [-0.3, -0.25) is 0 Å². The Morgan fingerprint density at radius 2 is 1.60 bits per heavy atom. The highest BCUT2D eigenvalue weighted by Gasteiger charge is 2.40. The summed E-state index contributed by atoms with van der Waals surface area (Å²) in [5, 5.41) is 17.7. The standard InChI is InChI=1S/C16H26N4O.2C2HF3O2/c1-21-9-8-20-11-14-5-2-4-13(15(14)12-20)10-19-16-17-6-3-7-18-16;2*3-2(4,5)1(6)7/h3,6-7,13-15H,2,4-5,8-12H2,1H3,(H,17,18,19);2*(H,6,7)/t13-,14+,15+;;/m0../s1. The van der Waals surface area contributed by atoms with Gasteiger partial charge in [-0.1, -0.05) is 6.42 Å². The van der Waals surface area contributed by atoms with Gasteiger partial charge in [0.2, 0.25) is 5.95 Å². The molecule has 0 aromatic carbocycles. The van der Waals surface area contributed by atoms with Gasteiger partial charge in [0.15, 0.2) is 0 Å². The number of likely N-dealkylation sites (tertiary alicyclic amines) is 1. The van der Waals surface area contributed by atoms with Crippen molar-refractivity contribution >= 4 is 17.9 Å². The van der Waals surface area contributed by atoms with E-state index < -0.39 is 24.3 Å². The molecule has 2 heterocycles. The molecule has 1 saturated heterocycles. The molecule has 1 saturated carbocycles. The van der Waals surface area contributed by atoms with E-state index in [1.54, 1.807) is 19.5 Å². The van der Waals surface area contributed by atoms with Gasteiger partial charge in [-0.2, -0.15) is 26.3 Å². The predicted octanol–water partition coefficient (Wildman–Crippen LogP) is 3.15. The second kappa shape index (κ2) is 14.0. The average molecular weight is 518 g/mol. The molecule has 2 aliphatic rings. The molecule has 1 aliphatic carbocycles. The zero-order chi connectivity index (χ0) is 26.6. The van der Waals surface area contributed by atoms with Crippen LogP contribution in [0, 0.1) is 17.8 Å². The summed E-state index contributed by atoms with van der Waals surface area (Å²) in [7, 11) is 1.79. The molecule has 1 aromatic heterocycles. The molecular weight excluding hydrogens is 490 g/mol. The molecule has 3 N–H and O–H groups in total. The molecule has 1 aromatic rings. The summed E-state index contributed by atoms with van der Waals surface area (Å²) in [5.74, 6) is -2.31. The summed E-state index contributed by atoms with van der Waals surface area (Å²) in [6.45, 7) is 5.41. The largest absolute Gasteiger partial charge is 0.490 e. The fraction of sp³-hybridized carbons (Fsp3) is 0.700. The Bertz CT molecular complexity index is 758. The number of hydrogen-bond acceptors (Lipinski definition) is 7. The number of carboxylic acid groups (broad SMARTS) is 2. The van der Waals surface area contributed by atoms with Gasteiger partial charge in [0.05, 0.1) is 6.61 Å². The number of halogens is 6. The lowest BCUT2D eigenvalue weighted by atomic mass is 9.74. The topological polar surface area (TPSA) is 125 Å². The molecule has 0 unspecified atom stereocenters.